The van der Waals surface area contributed by atoms with Crippen molar-refractivity contribution in [2.24, 2.45) is 5.73 Å². The van der Waals surface area contributed by atoms with Crippen LogP contribution in [0.25, 0.3) is 10.9 Å². The van der Waals surface area contributed by atoms with Gasteiger partial charge >= 0.3 is 6.18 Å². The van der Waals surface area contributed by atoms with Gasteiger partial charge in [0.25, 0.3) is 0 Å². The van der Waals surface area contributed by atoms with Crippen LogP contribution in [0.3, 0.4) is 0 Å². The summed E-state index contributed by atoms with van der Waals surface area (Å²) in [5.41, 5.74) is 6.70. The van der Waals surface area contributed by atoms with Gasteiger partial charge in [0.2, 0.25) is 0 Å². The molecule has 0 radical (unpaired) electrons. The third-order valence-electron chi connectivity index (χ3n) is 3.06. The first kappa shape index (κ1) is 13.0. The van der Waals surface area contributed by atoms with Gasteiger partial charge < -0.3 is 10.7 Å². The molecule has 0 aliphatic carbocycles. The normalized spacial score (nSPS) is 12.6. The van der Waals surface area contributed by atoms with Crippen LogP contribution >= 0.6 is 0 Å². The van der Waals surface area contributed by atoms with Crippen molar-refractivity contribution in [2.75, 3.05) is 0 Å². The molecule has 0 amide bonds. The molecule has 2 aromatic rings. The van der Waals surface area contributed by atoms with Gasteiger partial charge in [0.15, 0.2) is 0 Å². The average Bonchev–Trinajstić information content (AvgIpc) is 2.65. The molecule has 0 unspecified atom stereocenters. The number of aromatic nitrogens is 1. The molecule has 0 atom stereocenters. The van der Waals surface area contributed by atoms with E-state index in [1.54, 1.807) is 6.07 Å². The summed E-state index contributed by atoms with van der Waals surface area (Å²) in [5, 5.41) is 0.566. The van der Waals surface area contributed by atoms with Crippen LogP contribution in [0.4, 0.5) is 13.2 Å². The van der Waals surface area contributed by atoms with Crippen LogP contribution in [0.2, 0.25) is 0 Å². The van der Waals surface area contributed by atoms with E-state index in [9.17, 15) is 13.2 Å². The Balaban J connectivity index is 2.80. The molecule has 1 heterocycles. The number of benzene rings is 1. The van der Waals surface area contributed by atoms with Crippen LogP contribution in [-0.4, -0.2) is 4.98 Å². The minimum absolute atomic E-state index is 0.108. The molecule has 0 fully saturated rings. The molecule has 0 aliphatic heterocycles. The molecule has 0 spiro atoms. The SMILES string of the molecule is CC(C)c1[nH]c2c(C(F)(F)F)cccc2c1CN. The smallest absolute Gasteiger partial charge is 0.357 e. The van der Waals surface area contributed by atoms with Crippen molar-refractivity contribution in [2.45, 2.75) is 32.5 Å². The van der Waals surface area contributed by atoms with Crippen molar-refractivity contribution < 1.29 is 13.2 Å². The summed E-state index contributed by atoms with van der Waals surface area (Å²) in [4.78, 5) is 2.89. The van der Waals surface area contributed by atoms with Crippen LogP contribution in [0.1, 0.15) is 36.6 Å². The van der Waals surface area contributed by atoms with Gasteiger partial charge in [-0.15, -0.1) is 0 Å². The number of nitrogens with two attached hydrogens (primary N) is 1. The minimum atomic E-state index is -4.36. The van der Waals surface area contributed by atoms with E-state index in [0.29, 0.717) is 5.39 Å². The molecule has 98 valence electrons. The van der Waals surface area contributed by atoms with E-state index in [1.165, 1.54) is 6.07 Å². The van der Waals surface area contributed by atoms with Crippen molar-refractivity contribution in [3.05, 3.63) is 35.0 Å². The van der Waals surface area contributed by atoms with Crippen LogP contribution in [0.15, 0.2) is 18.2 Å². The second-order valence-electron chi connectivity index (χ2n) is 4.60. The van der Waals surface area contributed by atoms with Gasteiger partial charge in [0, 0.05) is 17.6 Å². The molecule has 0 saturated heterocycles. The average molecular weight is 256 g/mol. The lowest BCUT2D eigenvalue weighted by molar-refractivity contribution is -0.136. The first-order valence-corrected chi connectivity index (χ1v) is 5.77. The number of nitrogens with one attached hydrogen (secondary N) is 1. The number of hydrogen-bond acceptors (Lipinski definition) is 1. The number of H-pyrrole nitrogens is 1. The number of aromatic amines is 1. The third-order valence-corrected chi connectivity index (χ3v) is 3.06. The van der Waals surface area contributed by atoms with Crippen molar-refractivity contribution in [3.8, 4) is 0 Å². The molecular formula is C13H15F3N2. The van der Waals surface area contributed by atoms with Crippen LogP contribution in [-0.2, 0) is 12.7 Å². The summed E-state index contributed by atoms with van der Waals surface area (Å²) in [5.74, 6) is 0.108. The van der Waals surface area contributed by atoms with Gasteiger partial charge in [0.05, 0.1) is 11.1 Å². The minimum Gasteiger partial charge on any atom is -0.357 e. The number of alkyl halides is 3. The van der Waals surface area contributed by atoms with E-state index in [4.69, 9.17) is 5.73 Å². The highest BCUT2D eigenvalue weighted by Gasteiger charge is 2.33. The van der Waals surface area contributed by atoms with Gasteiger partial charge in [-0.05, 0) is 17.5 Å². The molecular weight excluding hydrogens is 241 g/mol. The molecule has 2 nitrogen and oxygen atoms in total. The van der Waals surface area contributed by atoms with Crippen molar-refractivity contribution in [1.82, 2.24) is 4.98 Å². The number of para-hydroxylation sites is 1. The first-order valence-electron chi connectivity index (χ1n) is 5.77. The van der Waals surface area contributed by atoms with Crippen LogP contribution in [0, 0.1) is 0 Å². The number of rotatable bonds is 2. The van der Waals surface area contributed by atoms with Crippen molar-refractivity contribution >= 4 is 10.9 Å². The number of hydrogen-bond donors (Lipinski definition) is 2. The summed E-state index contributed by atoms with van der Waals surface area (Å²) in [7, 11) is 0. The lowest BCUT2D eigenvalue weighted by Crippen LogP contribution is -2.05. The van der Waals surface area contributed by atoms with E-state index >= 15 is 0 Å². The number of halogens is 3. The maximum Gasteiger partial charge on any atom is 0.418 e. The summed E-state index contributed by atoms with van der Waals surface area (Å²) in [6, 6.07) is 4.18. The maximum absolute atomic E-state index is 12.9. The highest BCUT2D eigenvalue weighted by atomic mass is 19.4. The van der Waals surface area contributed by atoms with Crippen molar-refractivity contribution in [3.63, 3.8) is 0 Å². The fourth-order valence-electron chi connectivity index (χ4n) is 2.24. The number of fused-ring (bicyclic) bond motifs is 1. The van der Waals surface area contributed by atoms with Gasteiger partial charge in [-0.1, -0.05) is 26.0 Å². The Labute approximate surface area is 103 Å². The molecule has 0 bridgehead atoms. The predicted molar refractivity (Wildman–Crippen MR) is 65.3 cm³/mol. The summed E-state index contributed by atoms with van der Waals surface area (Å²) in [6.45, 7) is 4.09. The highest BCUT2D eigenvalue weighted by Crippen LogP contribution is 2.37. The Bertz CT molecular complexity index is 567. The van der Waals surface area contributed by atoms with Gasteiger partial charge in [-0.2, -0.15) is 13.2 Å². The standard InChI is InChI=1S/C13H15F3N2/c1-7(2)11-9(6-17)8-4-3-5-10(12(8)18-11)13(14,15)16/h3-5,7,18H,6,17H2,1-2H3. The van der Waals surface area contributed by atoms with E-state index in [1.807, 2.05) is 13.8 Å². The van der Waals surface area contributed by atoms with E-state index in [0.717, 1.165) is 17.3 Å². The molecule has 5 heteroatoms. The monoisotopic (exact) mass is 256 g/mol. The second-order valence-corrected chi connectivity index (χ2v) is 4.60. The first-order chi connectivity index (χ1) is 8.36. The Hall–Kier alpha value is -1.49. The molecule has 0 aliphatic rings. The zero-order valence-corrected chi connectivity index (χ0v) is 10.2. The van der Waals surface area contributed by atoms with E-state index < -0.39 is 11.7 Å². The largest absolute Gasteiger partial charge is 0.418 e. The molecule has 18 heavy (non-hydrogen) atoms. The van der Waals surface area contributed by atoms with Gasteiger partial charge in [0.1, 0.15) is 0 Å². The fourth-order valence-corrected chi connectivity index (χ4v) is 2.24. The zero-order valence-electron chi connectivity index (χ0n) is 10.2. The van der Waals surface area contributed by atoms with E-state index in [-0.39, 0.29) is 18.0 Å². The molecule has 2 rings (SSSR count). The lowest BCUT2D eigenvalue weighted by atomic mass is 10.0. The lowest BCUT2D eigenvalue weighted by Gasteiger charge is -2.07. The molecule has 0 saturated carbocycles. The Kier molecular flexibility index (Phi) is 3.11. The van der Waals surface area contributed by atoms with Crippen LogP contribution in [0.5, 0.6) is 0 Å². The topological polar surface area (TPSA) is 41.8 Å². The highest BCUT2D eigenvalue weighted by molar-refractivity contribution is 5.88. The molecule has 3 N–H and O–H groups in total. The maximum atomic E-state index is 12.9. The quantitative estimate of drug-likeness (QED) is 0.843. The predicted octanol–water partition coefficient (Wildman–Crippen LogP) is 3.77. The zero-order chi connectivity index (χ0) is 13.5. The van der Waals surface area contributed by atoms with E-state index in [2.05, 4.69) is 4.98 Å². The Morgan fingerprint density at radius 3 is 2.44 bits per heavy atom. The van der Waals surface area contributed by atoms with Gasteiger partial charge in [-0.25, -0.2) is 0 Å². The Morgan fingerprint density at radius 2 is 1.94 bits per heavy atom. The molecule has 1 aromatic carbocycles. The van der Waals surface area contributed by atoms with Crippen molar-refractivity contribution in [1.29, 1.82) is 0 Å². The third kappa shape index (κ3) is 1.99. The summed E-state index contributed by atoms with van der Waals surface area (Å²) in [6.07, 6.45) is -4.36. The van der Waals surface area contributed by atoms with Gasteiger partial charge in [-0.3, -0.25) is 0 Å². The molecule has 1 aromatic heterocycles. The fraction of sp³-hybridized carbons (Fsp3) is 0.385. The van der Waals surface area contributed by atoms with Crippen LogP contribution < -0.4 is 5.73 Å². The summed E-state index contributed by atoms with van der Waals surface area (Å²) >= 11 is 0. The Morgan fingerprint density at radius 1 is 1.28 bits per heavy atom. The second kappa shape index (κ2) is 4.31. The summed E-state index contributed by atoms with van der Waals surface area (Å²) < 4.78 is 38.7.